The molecule has 0 aliphatic rings. The summed E-state index contributed by atoms with van der Waals surface area (Å²) in [5.74, 6) is -1.33. The lowest BCUT2D eigenvalue weighted by Gasteiger charge is -2.16. The number of benzene rings is 2. The molecule has 1 unspecified atom stereocenters. The number of aryl methyl sites for hydroxylation is 1. The second-order valence-electron chi connectivity index (χ2n) is 4.34. The maximum absolute atomic E-state index is 12.8. The Labute approximate surface area is 110 Å². The van der Waals surface area contributed by atoms with Crippen LogP contribution >= 0.6 is 0 Å². The summed E-state index contributed by atoms with van der Waals surface area (Å²) in [5, 5.41) is 12.2. The van der Waals surface area contributed by atoms with Crippen molar-refractivity contribution in [2.45, 2.75) is 13.0 Å². The Morgan fingerprint density at radius 1 is 1.21 bits per heavy atom. The molecule has 1 atom stereocenters. The third-order valence-electron chi connectivity index (χ3n) is 2.78. The Bertz CT molecular complexity index is 581. The third kappa shape index (κ3) is 3.31. The largest absolute Gasteiger partial charge is 0.479 e. The standard InChI is InChI=1S/C15H14FNO2/c1-10-3-2-4-11(9-10)14(15(18)19)17-13-7-5-12(16)6-8-13/h2-9,14,17H,1H3,(H,18,19). The van der Waals surface area contributed by atoms with E-state index in [4.69, 9.17) is 0 Å². The van der Waals surface area contributed by atoms with Gasteiger partial charge in [-0.05, 0) is 36.8 Å². The van der Waals surface area contributed by atoms with Gasteiger partial charge in [-0.2, -0.15) is 0 Å². The summed E-state index contributed by atoms with van der Waals surface area (Å²) in [5.41, 5.74) is 2.22. The van der Waals surface area contributed by atoms with E-state index in [1.165, 1.54) is 24.3 Å². The molecule has 2 aromatic carbocycles. The van der Waals surface area contributed by atoms with Gasteiger partial charge < -0.3 is 10.4 Å². The van der Waals surface area contributed by atoms with Gasteiger partial charge in [0, 0.05) is 5.69 Å². The molecule has 0 aliphatic heterocycles. The maximum atomic E-state index is 12.8. The van der Waals surface area contributed by atoms with E-state index in [9.17, 15) is 14.3 Å². The highest BCUT2D eigenvalue weighted by Gasteiger charge is 2.19. The summed E-state index contributed by atoms with van der Waals surface area (Å²) in [6.45, 7) is 1.90. The number of carboxylic acid groups (broad SMARTS) is 1. The van der Waals surface area contributed by atoms with Gasteiger partial charge in [0.25, 0.3) is 0 Å². The van der Waals surface area contributed by atoms with Gasteiger partial charge in [0.05, 0.1) is 0 Å². The fourth-order valence-corrected chi connectivity index (χ4v) is 1.85. The van der Waals surface area contributed by atoms with Crippen LogP contribution in [-0.4, -0.2) is 11.1 Å². The molecule has 0 heterocycles. The van der Waals surface area contributed by atoms with Crippen molar-refractivity contribution in [3.05, 3.63) is 65.5 Å². The molecule has 4 heteroatoms. The summed E-state index contributed by atoms with van der Waals surface area (Å²) in [4.78, 5) is 11.3. The zero-order valence-electron chi connectivity index (χ0n) is 10.4. The number of carboxylic acids is 1. The minimum atomic E-state index is -0.977. The van der Waals surface area contributed by atoms with Crippen molar-refractivity contribution < 1.29 is 14.3 Å². The molecular weight excluding hydrogens is 245 g/mol. The van der Waals surface area contributed by atoms with E-state index in [2.05, 4.69) is 5.32 Å². The Balaban J connectivity index is 2.26. The summed E-state index contributed by atoms with van der Waals surface area (Å²) in [7, 11) is 0. The van der Waals surface area contributed by atoms with Crippen LogP contribution in [0.1, 0.15) is 17.2 Å². The smallest absolute Gasteiger partial charge is 0.330 e. The van der Waals surface area contributed by atoms with Crippen molar-refractivity contribution in [2.75, 3.05) is 5.32 Å². The van der Waals surface area contributed by atoms with Crippen LogP contribution in [0.4, 0.5) is 10.1 Å². The van der Waals surface area contributed by atoms with Gasteiger partial charge in [-0.25, -0.2) is 9.18 Å². The van der Waals surface area contributed by atoms with Crippen LogP contribution in [0.5, 0.6) is 0 Å². The van der Waals surface area contributed by atoms with Gasteiger partial charge in [-0.1, -0.05) is 29.8 Å². The number of anilines is 1. The van der Waals surface area contributed by atoms with Crippen molar-refractivity contribution >= 4 is 11.7 Å². The SMILES string of the molecule is Cc1cccc(C(Nc2ccc(F)cc2)C(=O)O)c1. The average molecular weight is 259 g/mol. The second kappa shape index (κ2) is 5.52. The maximum Gasteiger partial charge on any atom is 0.330 e. The molecule has 0 radical (unpaired) electrons. The number of hydrogen-bond donors (Lipinski definition) is 2. The molecule has 98 valence electrons. The van der Waals surface area contributed by atoms with E-state index in [-0.39, 0.29) is 5.82 Å². The molecule has 0 bridgehead atoms. The predicted molar refractivity (Wildman–Crippen MR) is 71.6 cm³/mol. The van der Waals surface area contributed by atoms with Crippen molar-refractivity contribution in [3.8, 4) is 0 Å². The van der Waals surface area contributed by atoms with Crippen LogP contribution in [0.3, 0.4) is 0 Å². The normalized spacial score (nSPS) is 11.9. The van der Waals surface area contributed by atoms with E-state index in [1.807, 2.05) is 25.1 Å². The molecule has 0 aromatic heterocycles. The first-order valence-corrected chi connectivity index (χ1v) is 5.88. The number of nitrogens with one attached hydrogen (secondary N) is 1. The highest BCUT2D eigenvalue weighted by Crippen LogP contribution is 2.21. The molecular formula is C15H14FNO2. The van der Waals surface area contributed by atoms with Crippen LogP contribution in [0.2, 0.25) is 0 Å². The van der Waals surface area contributed by atoms with E-state index < -0.39 is 12.0 Å². The Morgan fingerprint density at radius 3 is 2.47 bits per heavy atom. The van der Waals surface area contributed by atoms with E-state index in [1.54, 1.807) is 6.07 Å². The van der Waals surface area contributed by atoms with Crippen LogP contribution in [0, 0.1) is 12.7 Å². The first-order valence-electron chi connectivity index (χ1n) is 5.88. The molecule has 0 saturated heterocycles. The number of rotatable bonds is 4. The molecule has 0 spiro atoms. The zero-order chi connectivity index (χ0) is 13.8. The first kappa shape index (κ1) is 13.1. The summed E-state index contributed by atoms with van der Waals surface area (Å²) < 4.78 is 12.8. The molecule has 0 fully saturated rings. The highest BCUT2D eigenvalue weighted by molar-refractivity contribution is 5.79. The lowest BCUT2D eigenvalue weighted by Crippen LogP contribution is -2.20. The summed E-state index contributed by atoms with van der Waals surface area (Å²) >= 11 is 0. The van der Waals surface area contributed by atoms with E-state index in [0.29, 0.717) is 11.3 Å². The minimum absolute atomic E-state index is 0.354. The fraction of sp³-hybridized carbons (Fsp3) is 0.133. The predicted octanol–water partition coefficient (Wildman–Crippen LogP) is 3.37. The Hall–Kier alpha value is -2.36. The van der Waals surface area contributed by atoms with E-state index >= 15 is 0 Å². The average Bonchev–Trinajstić information content (AvgIpc) is 2.37. The molecule has 19 heavy (non-hydrogen) atoms. The molecule has 0 saturated carbocycles. The van der Waals surface area contributed by atoms with Crippen LogP contribution < -0.4 is 5.32 Å². The first-order chi connectivity index (χ1) is 9.06. The summed E-state index contributed by atoms with van der Waals surface area (Å²) in [6.07, 6.45) is 0. The number of halogens is 1. The number of hydrogen-bond acceptors (Lipinski definition) is 2. The van der Waals surface area contributed by atoms with Crippen LogP contribution in [-0.2, 0) is 4.79 Å². The van der Waals surface area contributed by atoms with Gasteiger partial charge in [0.15, 0.2) is 6.04 Å². The number of carbonyl (C=O) groups is 1. The fourth-order valence-electron chi connectivity index (χ4n) is 1.85. The lowest BCUT2D eigenvalue weighted by atomic mass is 10.0. The molecule has 0 aliphatic carbocycles. The van der Waals surface area contributed by atoms with Gasteiger partial charge in [0.2, 0.25) is 0 Å². The Morgan fingerprint density at radius 2 is 1.89 bits per heavy atom. The van der Waals surface area contributed by atoms with Crippen molar-refractivity contribution in [3.63, 3.8) is 0 Å². The monoisotopic (exact) mass is 259 g/mol. The molecule has 2 rings (SSSR count). The second-order valence-corrected chi connectivity index (χ2v) is 4.34. The van der Waals surface area contributed by atoms with Gasteiger partial charge >= 0.3 is 5.97 Å². The van der Waals surface area contributed by atoms with Crippen molar-refractivity contribution in [1.82, 2.24) is 0 Å². The van der Waals surface area contributed by atoms with Crippen LogP contribution in [0.15, 0.2) is 48.5 Å². The highest BCUT2D eigenvalue weighted by atomic mass is 19.1. The van der Waals surface area contributed by atoms with Crippen LogP contribution in [0.25, 0.3) is 0 Å². The minimum Gasteiger partial charge on any atom is -0.479 e. The van der Waals surface area contributed by atoms with Gasteiger partial charge in [-0.3, -0.25) is 0 Å². The summed E-state index contributed by atoms with van der Waals surface area (Å²) in [6, 6.07) is 12.0. The molecule has 2 aromatic rings. The molecule has 0 amide bonds. The Kier molecular flexibility index (Phi) is 3.80. The van der Waals surface area contributed by atoms with Crippen molar-refractivity contribution in [1.29, 1.82) is 0 Å². The third-order valence-corrected chi connectivity index (χ3v) is 2.78. The lowest BCUT2D eigenvalue weighted by molar-refractivity contribution is -0.138. The van der Waals surface area contributed by atoms with Gasteiger partial charge in [0.1, 0.15) is 5.82 Å². The quantitative estimate of drug-likeness (QED) is 0.885. The van der Waals surface area contributed by atoms with E-state index in [0.717, 1.165) is 5.56 Å². The topological polar surface area (TPSA) is 49.3 Å². The zero-order valence-corrected chi connectivity index (χ0v) is 10.4. The number of aliphatic carboxylic acids is 1. The molecule has 2 N–H and O–H groups in total. The van der Waals surface area contributed by atoms with Crippen molar-refractivity contribution in [2.24, 2.45) is 0 Å². The molecule has 3 nitrogen and oxygen atoms in total. The van der Waals surface area contributed by atoms with Gasteiger partial charge in [-0.15, -0.1) is 0 Å².